The second-order valence-corrected chi connectivity index (χ2v) is 6.13. The SMILES string of the molecule is CC[C@H](C)[C@H](C(=O)O)N1CC(SC(C)=O)CC1=O. The number of likely N-dealkylation sites (tertiary alicyclic amines) is 1. The number of aliphatic carboxylic acids is 1. The molecule has 1 aliphatic rings. The van der Waals surface area contributed by atoms with Gasteiger partial charge < -0.3 is 10.0 Å². The van der Waals surface area contributed by atoms with Gasteiger partial charge in [-0.2, -0.15) is 0 Å². The molecule has 5 nitrogen and oxygen atoms in total. The topological polar surface area (TPSA) is 74.7 Å². The van der Waals surface area contributed by atoms with Crippen molar-refractivity contribution in [1.29, 1.82) is 0 Å². The molecule has 6 heteroatoms. The van der Waals surface area contributed by atoms with Gasteiger partial charge in [0.2, 0.25) is 5.91 Å². The minimum Gasteiger partial charge on any atom is -0.480 e. The van der Waals surface area contributed by atoms with Crippen LogP contribution in [0.3, 0.4) is 0 Å². The fraction of sp³-hybridized carbons (Fsp3) is 0.750. The molecule has 1 heterocycles. The number of carboxylic acid groups (broad SMARTS) is 1. The maximum absolute atomic E-state index is 11.9. The van der Waals surface area contributed by atoms with Gasteiger partial charge in [0, 0.05) is 25.1 Å². The van der Waals surface area contributed by atoms with Crippen LogP contribution < -0.4 is 0 Å². The molecule has 0 aliphatic carbocycles. The normalized spacial score (nSPS) is 22.9. The molecule has 102 valence electrons. The summed E-state index contributed by atoms with van der Waals surface area (Å²) < 4.78 is 0. The average Bonchev–Trinajstić information content (AvgIpc) is 2.58. The largest absolute Gasteiger partial charge is 0.480 e. The Bertz CT molecular complexity index is 358. The Balaban J connectivity index is 2.78. The van der Waals surface area contributed by atoms with Crippen LogP contribution in [0.4, 0.5) is 0 Å². The molecular weight excluding hydrogens is 254 g/mol. The van der Waals surface area contributed by atoms with Crippen LogP contribution in [0.25, 0.3) is 0 Å². The van der Waals surface area contributed by atoms with E-state index in [9.17, 15) is 19.5 Å². The monoisotopic (exact) mass is 273 g/mol. The van der Waals surface area contributed by atoms with Crippen LogP contribution in [-0.2, 0) is 14.4 Å². The third-order valence-corrected chi connectivity index (χ3v) is 4.21. The van der Waals surface area contributed by atoms with Crippen LogP contribution in [0.2, 0.25) is 0 Å². The Hall–Kier alpha value is -1.04. The predicted molar refractivity (Wildman–Crippen MR) is 69.3 cm³/mol. The Morgan fingerprint density at radius 2 is 2.17 bits per heavy atom. The highest BCUT2D eigenvalue weighted by Crippen LogP contribution is 2.28. The van der Waals surface area contributed by atoms with Gasteiger partial charge in [0.1, 0.15) is 6.04 Å². The van der Waals surface area contributed by atoms with Crippen LogP contribution in [-0.4, -0.2) is 44.8 Å². The summed E-state index contributed by atoms with van der Waals surface area (Å²) in [5.74, 6) is -1.22. The summed E-state index contributed by atoms with van der Waals surface area (Å²) in [4.78, 5) is 35.6. The summed E-state index contributed by atoms with van der Waals surface area (Å²) in [5.41, 5.74) is 0. The average molecular weight is 273 g/mol. The highest BCUT2D eigenvalue weighted by atomic mass is 32.2. The van der Waals surface area contributed by atoms with E-state index in [2.05, 4.69) is 0 Å². The van der Waals surface area contributed by atoms with Crippen LogP contribution >= 0.6 is 11.8 Å². The first-order valence-electron chi connectivity index (χ1n) is 6.06. The molecule has 0 saturated carbocycles. The van der Waals surface area contributed by atoms with Gasteiger partial charge in [0.15, 0.2) is 5.12 Å². The van der Waals surface area contributed by atoms with Gasteiger partial charge in [0.05, 0.1) is 0 Å². The lowest BCUT2D eigenvalue weighted by Gasteiger charge is -2.28. The molecule has 0 radical (unpaired) electrons. The Morgan fingerprint density at radius 1 is 1.56 bits per heavy atom. The zero-order chi connectivity index (χ0) is 13.9. The summed E-state index contributed by atoms with van der Waals surface area (Å²) in [5, 5.41) is 9.11. The number of amides is 1. The van der Waals surface area contributed by atoms with Gasteiger partial charge in [-0.1, -0.05) is 32.0 Å². The number of nitrogens with zero attached hydrogens (tertiary/aromatic N) is 1. The molecule has 0 aromatic carbocycles. The number of rotatable bonds is 5. The standard InChI is InChI=1S/C12H19NO4S/c1-4-7(2)11(12(16)17)13-6-9(5-10(13)15)18-8(3)14/h7,9,11H,4-6H2,1-3H3,(H,16,17)/t7-,9?,11+/m0/s1. The summed E-state index contributed by atoms with van der Waals surface area (Å²) >= 11 is 1.12. The van der Waals surface area contributed by atoms with Crippen molar-refractivity contribution < 1.29 is 19.5 Å². The first-order chi connectivity index (χ1) is 8.36. The summed E-state index contributed by atoms with van der Waals surface area (Å²) in [6.07, 6.45) is 0.954. The molecule has 1 aliphatic heterocycles. The first-order valence-corrected chi connectivity index (χ1v) is 6.94. The number of carbonyl (C=O) groups is 3. The van der Waals surface area contributed by atoms with E-state index in [1.807, 2.05) is 13.8 Å². The van der Waals surface area contributed by atoms with E-state index in [0.717, 1.165) is 11.8 Å². The lowest BCUT2D eigenvalue weighted by Crippen LogP contribution is -2.46. The molecule has 18 heavy (non-hydrogen) atoms. The molecule has 1 rings (SSSR count). The maximum Gasteiger partial charge on any atom is 0.326 e. The lowest BCUT2D eigenvalue weighted by molar-refractivity contribution is -0.150. The smallest absolute Gasteiger partial charge is 0.326 e. The Kier molecular flexibility index (Phi) is 5.19. The van der Waals surface area contributed by atoms with E-state index in [-0.39, 0.29) is 28.6 Å². The van der Waals surface area contributed by atoms with Crippen molar-refractivity contribution in [3.63, 3.8) is 0 Å². The Labute approximate surface area is 111 Å². The molecule has 1 N–H and O–H groups in total. The van der Waals surface area contributed by atoms with Gasteiger partial charge in [-0.15, -0.1) is 0 Å². The molecule has 0 spiro atoms. The van der Waals surface area contributed by atoms with Gasteiger partial charge in [-0.05, 0) is 5.92 Å². The minimum atomic E-state index is -0.967. The van der Waals surface area contributed by atoms with Crippen molar-refractivity contribution >= 4 is 28.8 Å². The maximum atomic E-state index is 11.9. The molecular formula is C12H19NO4S. The number of carbonyl (C=O) groups excluding carboxylic acids is 2. The first kappa shape index (κ1) is 15.0. The van der Waals surface area contributed by atoms with E-state index in [1.165, 1.54) is 11.8 Å². The molecule has 0 bridgehead atoms. The van der Waals surface area contributed by atoms with E-state index < -0.39 is 12.0 Å². The van der Waals surface area contributed by atoms with Crippen molar-refractivity contribution in [2.75, 3.05) is 6.54 Å². The molecule has 0 aromatic rings. The molecule has 3 atom stereocenters. The van der Waals surface area contributed by atoms with Crippen LogP contribution in [0.5, 0.6) is 0 Å². The highest BCUT2D eigenvalue weighted by Gasteiger charge is 2.40. The number of hydrogen-bond acceptors (Lipinski definition) is 4. The van der Waals surface area contributed by atoms with Crippen LogP contribution in [0.15, 0.2) is 0 Å². The van der Waals surface area contributed by atoms with Crippen molar-refractivity contribution in [2.24, 2.45) is 5.92 Å². The number of thioether (sulfide) groups is 1. The summed E-state index contributed by atoms with van der Waals surface area (Å²) in [7, 11) is 0. The molecule has 1 amide bonds. The van der Waals surface area contributed by atoms with Gasteiger partial charge in [-0.3, -0.25) is 9.59 Å². The number of hydrogen-bond donors (Lipinski definition) is 1. The van der Waals surface area contributed by atoms with Crippen molar-refractivity contribution in [2.45, 2.75) is 44.9 Å². The molecule has 1 unspecified atom stereocenters. The van der Waals surface area contributed by atoms with E-state index in [4.69, 9.17) is 0 Å². The van der Waals surface area contributed by atoms with E-state index in [0.29, 0.717) is 13.0 Å². The second kappa shape index (κ2) is 6.22. The minimum absolute atomic E-state index is 0.0370. The second-order valence-electron chi connectivity index (χ2n) is 4.65. The summed E-state index contributed by atoms with van der Waals surface area (Å²) in [6, 6.07) is -0.778. The predicted octanol–water partition coefficient (Wildman–Crippen LogP) is 1.37. The summed E-state index contributed by atoms with van der Waals surface area (Å²) in [6.45, 7) is 5.55. The number of carboxylic acids is 1. The van der Waals surface area contributed by atoms with Gasteiger partial charge in [-0.25, -0.2) is 4.79 Å². The van der Waals surface area contributed by atoms with Crippen molar-refractivity contribution in [3.05, 3.63) is 0 Å². The van der Waals surface area contributed by atoms with E-state index in [1.54, 1.807) is 0 Å². The van der Waals surface area contributed by atoms with E-state index >= 15 is 0 Å². The van der Waals surface area contributed by atoms with Crippen LogP contribution in [0.1, 0.15) is 33.6 Å². The van der Waals surface area contributed by atoms with Crippen LogP contribution in [0, 0.1) is 5.92 Å². The quantitative estimate of drug-likeness (QED) is 0.818. The zero-order valence-electron chi connectivity index (χ0n) is 10.9. The van der Waals surface area contributed by atoms with Gasteiger partial charge in [0.25, 0.3) is 0 Å². The molecule has 1 saturated heterocycles. The Morgan fingerprint density at radius 3 is 2.61 bits per heavy atom. The fourth-order valence-electron chi connectivity index (χ4n) is 2.19. The van der Waals surface area contributed by atoms with Crippen molar-refractivity contribution in [1.82, 2.24) is 4.90 Å². The zero-order valence-corrected chi connectivity index (χ0v) is 11.7. The van der Waals surface area contributed by atoms with Gasteiger partial charge >= 0.3 is 5.97 Å². The highest BCUT2D eigenvalue weighted by molar-refractivity contribution is 8.14. The fourth-order valence-corrected chi connectivity index (χ4v) is 3.12. The molecule has 1 fully saturated rings. The third kappa shape index (κ3) is 3.48. The van der Waals surface area contributed by atoms with Crippen molar-refractivity contribution in [3.8, 4) is 0 Å². The lowest BCUT2D eigenvalue weighted by atomic mass is 9.98. The third-order valence-electron chi connectivity index (χ3n) is 3.23. The molecule has 0 aromatic heterocycles.